The molecule has 0 aliphatic rings. The van der Waals surface area contributed by atoms with Gasteiger partial charge in [-0.15, -0.1) is 5.10 Å². The maximum Gasteiger partial charge on any atom is 0.378 e. The van der Waals surface area contributed by atoms with E-state index in [-0.39, 0.29) is 5.82 Å². The molecule has 5 heteroatoms. The highest BCUT2D eigenvalue weighted by atomic mass is 16.5. The average Bonchev–Trinajstić information content (AvgIpc) is 2.71. The minimum absolute atomic E-state index is 0.101. The van der Waals surface area contributed by atoms with E-state index in [1.807, 2.05) is 13.8 Å². The molecule has 0 radical (unpaired) electrons. The number of nitrogens with zero attached hydrogens (tertiary/aromatic N) is 3. The van der Waals surface area contributed by atoms with Crippen molar-refractivity contribution in [3.63, 3.8) is 0 Å². The van der Waals surface area contributed by atoms with Gasteiger partial charge in [-0.05, 0) is 38.8 Å². The standard InChI is InChI=1S/C15H19N3O2/c1-6-20-15(19)13-16-14(18(5)17-13)12-10(3)7-9(2)8-11(12)4/h7-8H,6H2,1-5H3. The number of esters is 1. The van der Waals surface area contributed by atoms with E-state index in [1.54, 1.807) is 18.7 Å². The van der Waals surface area contributed by atoms with Gasteiger partial charge >= 0.3 is 5.97 Å². The summed E-state index contributed by atoms with van der Waals surface area (Å²) in [4.78, 5) is 16.0. The molecule has 1 heterocycles. The van der Waals surface area contributed by atoms with Gasteiger partial charge in [0, 0.05) is 12.6 Å². The van der Waals surface area contributed by atoms with E-state index in [0.717, 1.165) is 16.7 Å². The van der Waals surface area contributed by atoms with E-state index >= 15 is 0 Å². The predicted octanol–water partition coefficient (Wildman–Crippen LogP) is 2.58. The minimum atomic E-state index is -0.489. The lowest BCUT2D eigenvalue weighted by atomic mass is 9.99. The molecule has 1 aromatic heterocycles. The van der Waals surface area contributed by atoms with Gasteiger partial charge in [0.05, 0.1) is 6.61 Å². The van der Waals surface area contributed by atoms with Crippen LogP contribution in [0.5, 0.6) is 0 Å². The van der Waals surface area contributed by atoms with Crippen LogP contribution in [0.3, 0.4) is 0 Å². The summed E-state index contributed by atoms with van der Waals surface area (Å²) in [5.74, 6) is 0.295. The van der Waals surface area contributed by atoms with Crippen molar-refractivity contribution >= 4 is 5.97 Å². The van der Waals surface area contributed by atoms with Gasteiger partial charge in [0.25, 0.3) is 5.82 Å². The molecule has 0 saturated heterocycles. The lowest BCUT2D eigenvalue weighted by molar-refractivity contribution is 0.0512. The van der Waals surface area contributed by atoms with Crippen molar-refractivity contribution in [3.8, 4) is 11.4 Å². The third kappa shape index (κ3) is 2.57. The van der Waals surface area contributed by atoms with Crippen LogP contribution in [-0.2, 0) is 11.8 Å². The first-order valence-electron chi connectivity index (χ1n) is 6.60. The summed E-state index contributed by atoms with van der Waals surface area (Å²) in [5, 5.41) is 4.14. The summed E-state index contributed by atoms with van der Waals surface area (Å²) in [5.41, 5.74) is 4.46. The number of carbonyl (C=O) groups is 1. The number of rotatable bonds is 3. The van der Waals surface area contributed by atoms with E-state index in [4.69, 9.17) is 4.74 Å². The van der Waals surface area contributed by atoms with Crippen LogP contribution in [0.1, 0.15) is 34.2 Å². The fraction of sp³-hybridized carbons (Fsp3) is 0.400. The van der Waals surface area contributed by atoms with Crippen LogP contribution in [0, 0.1) is 20.8 Å². The van der Waals surface area contributed by atoms with Crippen LogP contribution >= 0.6 is 0 Å². The highest BCUT2D eigenvalue weighted by molar-refractivity contribution is 5.86. The molecule has 0 bridgehead atoms. The SMILES string of the molecule is CCOC(=O)c1nc(-c2c(C)cc(C)cc2C)n(C)n1. The van der Waals surface area contributed by atoms with Crippen molar-refractivity contribution in [2.75, 3.05) is 6.61 Å². The quantitative estimate of drug-likeness (QED) is 0.806. The first kappa shape index (κ1) is 14.2. The lowest BCUT2D eigenvalue weighted by Crippen LogP contribution is -2.07. The monoisotopic (exact) mass is 273 g/mol. The topological polar surface area (TPSA) is 57.0 Å². The molecule has 0 fully saturated rings. The van der Waals surface area contributed by atoms with Gasteiger partial charge in [0.15, 0.2) is 5.82 Å². The largest absolute Gasteiger partial charge is 0.460 e. The van der Waals surface area contributed by atoms with Crippen molar-refractivity contribution in [1.82, 2.24) is 14.8 Å². The Balaban J connectivity index is 2.52. The molecule has 0 spiro atoms. The fourth-order valence-corrected chi connectivity index (χ4v) is 2.42. The Bertz CT molecular complexity index is 636. The van der Waals surface area contributed by atoms with Gasteiger partial charge in [-0.25, -0.2) is 14.5 Å². The second-order valence-corrected chi connectivity index (χ2v) is 4.88. The zero-order valence-electron chi connectivity index (χ0n) is 12.5. The molecule has 0 aliphatic carbocycles. The molecule has 2 rings (SSSR count). The Hall–Kier alpha value is -2.17. The Labute approximate surface area is 118 Å². The summed E-state index contributed by atoms with van der Waals surface area (Å²) in [6.07, 6.45) is 0. The number of benzene rings is 1. The van der Waals surface area contributed by atoms with Crippen LogP contribution in [-0.4, -0.2) is 27.3 Å². The third-order valence-electron chi connectivity index (χ3n) is 3.12. The van der Waals surface area contributed by atoms with Gasteiger partial charge in [0.1, 0.15) is 0 Å². The molecule has 20 heavy (non-hydrogen) atoms. The molecule has 0 atom stereocenters. The number of aromatic nitrogens is 3. The van der Waals surface area contributed by atoms with Gasteiger partial charge in [-0.1, -0.05) is 17.7 Å². The highest BCUT2D eigenvalue weighted by Gasteiger charge is 2.19. The van der Waals surface area contributed by atoms with Crippen LogP contribution in [0.25, 0.3) is 11.4 Å². The molecule has 1 aromatic carbocycles. The summed E-state index contributed by atoms with van der Waals surface area (Å²) < 4.78 is 6.56. The number of hydrogen-bond donors (Lipinski definition) is 0. The molecule has 0 unspecified atom stereocenters. The molecule has 2 aromatic rings. The van der Waals surface area contributed by atoms with E-state index in [9.17, 15) is 4.79 Å². The zero-order chi connectivity index (χ0) is 14.9. The number of ether oxygens (including phenoxy) is 1. The van der Waals surface area contributed by atoms with Crippen molar-refractivity contribution in [2.45, 2.75) is 27.7 Å². The first-order chi connectivity index (χ1) is 9.43. The van der Waals surface area contributed by atoms with Crippen LogP contribution in [0.2, 0.25) is 0 Å². The second kappa shape index (κ2) is 5.45. The Morgan fingerprint density at radius 3 is 2.40 bits per heavy atom. The number of carbonyl (C=O) groups excluding carboxylic acids is 1. The zero-order valence-corrected chi connectivity index (χ0v) is 12.5. The number of hydrogen-bond acceptors (Lipinski definition) is 4. The number of aryl methyl sites for hydroxylation is 4. The maximum absolute atomic E-state index is 11.7. The predicted molar refractivity (Wildman–Crippen MR) is 76.6 cm³/mol. The molecule has 106 valence electrons. The highest BCUT2D eigenvalue weighted by Crippen LogP contribution is 2.26. The maximum atomic E-state index is 11.7. The molecule has 0 amide bonds. The first-order valence-corrected chi connectivity index (χ1v) is 6.60. The molecule has 5 nitrogen and oxygen atoms in total. The van der Waals surface area contributed by atoms with Gasteiger partial charge in [0.2, 0.25) is 0 Å². The van der Waals surface area contributed by atoms with Crippen molar-refractivity contribution in [2.24, 2.45) is 7.05 Å². The minimum Gasteiger partial charge on any atom is -0.460 e. The molecule has 0 N–H and O–H groups in total. The van der Waals surface area contributed by atoms with E-state index in [2.05, 4.69) is 29.1 Å². The van der Waals surface area contributed by atoms with Crippen molar-refractivity contribution in [1.29, 1.82) is 0 Å². The van der Waals surface area contributed by atoms with Crippen molar-refractivity contribution in [3.05, 3.63) is 34.6 Å². The third-order valence-corrected chi connectivity index (χ3v) is 3.12. The summed E-state index contributed by atoms with van der Waals surface area (Å²) in [6, 6.07) is 4.20. The van der Waals surface area contributed by atoms with Crippen LogP contribution in [0.4, 0.5) is 0 Å². The average molecular weight is 273 g/mol. The summed E-state index contributed by atoms with van der Waals surface area (Å²) in [7, 11) is 1.78. The molecular formula is C15H19N3O2. The van der Waals surface area contributed by atoms with Gasteiger partial charge < -0.3 is 4.74 Å². The molecule has 0 aliphatic heterocycles. The normalized spacial score (nSPS) is 10.7. The Morgan fingerprint density at radius 2 is 1.85 bits per heavy atom. The van der Waals surface area contributed by atoms with Gasteiger partial charge in [-0.3, -0.25) is 0 Å². The van der Waals surface area contributed by atoms with Crippen molar-refractivity contribution < 1.29 is 9.53 Å². The Morgan fingerprint density at radius 1 is 1.25 bits per heavy atom. The van der Waals surface area contributed by atoms with Crippen LogP contribution < -0.4 is 0 Å². The van der Waals surface area contributed by atoms with Crippen LogP contribution in [0.15, 0.2) is 12.1 Å². The Kier molecular flexibility index (Phi) is 3.88. The summed E-state index contributed by atoms with van der Waals surface area (Å²) >= 11 is 0. The summed E-state index contributed by atoms with van der Waals surface area (Å²) in [6.45, 7) is 8.21. The fourth-order valence-electron chi connectivity index (χ4n) is 2.42. The lowest BCUT2D eigenvalue weighted by Gasteiger charge is -2.09. The van der Waals surface area contributed by atoms with Gasteiger partial charge in [-0.2, -0.15) is 0 Å². The molecular weight excluding hydrogens is 254 g/mol. The van der Waals surface area contributed by atoms with E-state index < -0.39 is 5.97 Å². The molecule has 0 saturated carbocycles. The van der Waals surface area contributed by atoms with E-state index in [0.29, 0.717) is 12.4 Å². The second-order valence-electron chi connectivity index (χ2n) is 4.88. The van der Waals surface area contributed by atoms with E-state index in [1.165, 1.54) is 5.56 Å². The smallest absolute Gasteiger partial charge is 0.378 e.